The summed E-state index contributed by atoms with van der Waals surface area (Å²) in [6.07, 6.45) is -24.0. The molecule has 0 spiro atoms. The standard InChI is InChI=1S/C12H14F12O/c1-7(2,5(9(13,14)15)10(16,17)18)25-8(3,4)6(11(19,20)21)12(22,23)24/h5-6H,1-4H3. The zero-order valence-electron chi connectivity index (χ0n) is 13.1. The van der Waals surface area contributed by atoms with Gasteiger partial charge in [0.2, 0.25) is 0 Å². The van der Waals surface area contributed by atoms with E-state index in [-0.39, 0.29) is 27.7 Å². The fraction of sp³-hybridized carbons (Fsp3) is 1.00. The number of rotatable bonds is 4. The second kappa shape index (κ2) is 6.38. The highest BCUT2D eigenvalue weighted by Gasteiger charge is 2.69. The minimum atomic E-state index is -6.01. The molecule has 0 saturated heterocycles. The first-order valence-corrected chi connectivity index (χ1v) is 6.41. The van der Waals surface area contributed by atoms with Crippen LogP contribution in [-0.2, 0) is 4.74 Å². The lowest BCUT2D eigenvalue weighted by Gasteiger charge is -2.45. The van der Waals surface area contributed by atoms with Gasteiger partial charge in [-0.2, -0.15) is 52.7 Å². The van der Waals surface area contributed by atoms with Gasteiger partial charge in [0.25, 0.3) is 0 Å². The molecule has 0 N–H and O–H groups in total. The van der Waals surface area contributed by atoms with E-state index in [9.17, 15) is 52.7 Å². The van der Waals surface area contributed by atoms with Gasteiger partial charge in [-0.1, -0.05) is 0 Å². The van der Waals surface area contributed by atoms with Crippen molar-refractivity contribution >= 4 is 0 Å². The Hall–Kier alpha value is -0.880. The summed E-state index contributed by atoms with van der Waals surface area (Å²) in [6, 6.07) is 0. The molecule has 0 fully saturated rings. The second-order valence-electron chi connectivity index (χ2n) is 6.34. The zero-order chi connectivity index (χ0) is 20.9. The maximum atomic E-state index is 12.7. The molecule has 0 aromatic heterocycles. The maximum absolute atomic E-state index is 12.7. The van der Waals surface area contributed by atoms with Crippen molar-refractivity contribution in [1.29, 1.82) is 0 Å². The van der Waals surface area contributed by atoms with E-state index in [0.717, 1.165) is 0 Å². The van der Waals surface area contributed by atoms with Gasteiger partial charge in [0, 0.05) is 0 Å². The second-order valence-corrected chi connectivity index (χ2v) is 6.34. The van der Waals surface area contributed by atoms with Crippen molar-refractivity contribution < 1.29 is 57.4 Å². The molecule has 0 rings (SSSR count). The van der Waals surface area contributed by atoms with Crippen molar-refractivity contribution in [1.82, 2.24) is 0 Å². The zero-order valence-corrected chi connectivity index (χ0v) is 13.1. The van der Waals surface area contributed by atoms with Crippen LogP contribution in [-0.4, -0.2) is 35.9 Å². The van der Waals surface area contributed by atoms with E-state index in [1.54, 1.807) is 0 Å². The fourth-order valence-corrected chi connectivity index (χ4v) is 2.74. The lowest BCUT2D eigenvalue weighted by molar-refractivity contribution is -0.371. The first kappa shape index (κ1) is 24.1. The van der Waals surface area contributed by atoms with Crippen LogP contribution in [0.4, 0.5) is 52.7 Å². The molecule has 0 aliphatic heterocycles. The highest BCUT2D eigenvalue weighted by atomic mass is 19.4. The van der Waals surface area contributed by atoms with Crippen LogP contribution in [0, 0.1) is 11.8 Å². The van der Waals surface area contributed by atoms with Crippen LogP contribution in [0.2, 0.25) is 0 Å². The molecule has 152 valence electrons. The van der Waals surface area contributed by atoms with E-state index in [0.29, 0.717) is 0 Å². The normalized spacial score (nSPS) is 16.1. The predicted octanol–water partition coefficient (Wildman–Crippen LogP) is 6.04. The summed E-state index contributed by atoms with van der Waals surface area (Å²) in [6.45, 7) is 0.517. The SMILES string of the molecule is CC(C)(OC(C)(C)C(C(F)(F)F)C(F)(F)F)C(C(F)(F)F)C(F)(F)F. The van der Waals surface area contributed by atoms with Crippen LogP contribution < -0.4 is 0 Å². The van der Waals surface area contributed by atoms with Gasteiger partial charge >= 0.3 is 24.7 Å². The first-order chi connectivity index (χ1) is 10.4. The van der Waals surface area contributed by atoms with Gasteiger partial charge in [-0.15, -0.1) is 0 Å². The average molecular weight is 402 g/mol. The van der Waals surface area contributed by atoms with Crippen molar-refractivity contribution in [3.05, 3.63) is 0 Å². The molecule has 0 heterocycles. The number of halogens is 12. The van der Waals surface area contributed by atoms with E-state index < -0.39 is 47.7 Å². The molecule has 0 aromatic carbocycles. The molecule has 0 unspecified atom stereocenters. The Morgan fingerprint density at radius 2 is 0.600 bits per heavy atom. The summed E-state index contributed by atoms with van der Waals surface area (Å²) in [5.74, 6) is -8.59. The lowest BCUT2D eigenvalue weighted by atomic mass is 9.84. The summed E-state index contributed by atoms with van der Waals surface area (Å²) in [4.78, 5) is 0. The Kier molecular flexibility index (Phi) is 6.15. The van der Waals surface area contributed by atoms with Gasteiger partial charge in [0.1, 0.15) is 0 Å². The summed E-state index contributed by atoms with van der Waals surface area (Å²) in [5.41, 5.74) is -6.93. The number of hydrogen-bond acceptors (Lipinski definition) is 1. The predicted molar refractivity (Wildman–Crippen MR) is 60.4 cm³/mol. The van der Waals surface area contributed by atoms with E-state index in [4.69, 9.17) is 0 Å². The summed E-state index contributed by atoms with van der Waals surface area (Å²) in [7, 11) is 0. The van der Waals surface area contributed by atoms with E-state index in [1.165, 1.54) is 0 Å². The molecule has 13 heteroatoms. The van der Waals surface area contributed by atoms with Crippen molar-refractivity contribution in [2.45, 2.75) is 63.6 Å². The van der Waals surface area contributed by atoms with Gasteiger partial charge in [0.15, 0.2) is 11.8 Å². The largest absolute Gasteiger partial charge is 0.403 e. The molecule has 0 bridgehead atoms. The van der Waals surface area contributed by atoms with Gasteiger partial charge in [-0.25, -0.2) is 0 Å². The van der Waals surface area contributed by atoms with Gasteiger partial charge in [-0.3, -0.25) is 0 Å². The smallest absolute Gasteiger partial charge is 0.368 e. The monoisotopic (exact) mass is 402 g/mol. The van der Waals surface area contributed by atoms with Crippen LogP contribution >= 0.6 is 0 Å². The minimum Gasteiger partial charge on any atom is -0.368 e. The van der Waals surface area contributed by atoms with E-state index >= 15 is 0 Å². The Morgan fingerprint density at radius 3 is 0.720 bits per heavy atom. The molecular weight excluding hydrogens is 388 g/mol. The molecule has 0 saturated carbocycles. The van der Waals surface area contributed by atoms with Crippen LogP contribution in [0.25, 0.3) is 0 Å². The molecule has 25 heavy (non-hydrogen) atoms. The third kappa shape index (κ3) is 6.10. The highest BCUT2D eigenvalue weighted by Crippen LogP contribution is 2.52. The summed E-state index contributed by atoms with van der Waals surface area (Å²) < 4.78 is 157. The topological polar surface area (TPSA) is 9.23 Å². The molecule has 1 nitrogen and oxygen atoms in total. The number of ether oxygens (including phenoxy) is 1. The van der Waals surface area contributed by atoms with Gasteiger partial charge in [0.05, 0.1) is 11.2 Å². The van der Waals surface area contributed by atoms with E-state index in [1.807, 2.05) is 0 Å². The lowest BCUT2D eigenvalue weighted by Crippen LogP contribution is -2.59. The van der Waals surface area contributed by atoms with Crippen molar-refractivity contribution in [3.63, 3.8) is 0 Å². The molecule has 0 radical (unpaired) electrons. The van der Waals surface area contributed by atoms with Crippen LogP contribution in [0.15, 0.2) is 0 Å². The Morgan fingerprint density at radius 1 is 0.440 bits per heavy atom. The average Bonchev–Trinajstić information content (AvgIpc) is 1.98. The first-order valence-electron chi connectivity index (χ1n) is 6.41. The Labute approximate surface area is 134 Å². The maximum Gasteiger partial charge on any atom is 0.403 e. The van der Waals surface area contributed by atoms with Gasteiger partial charge < -0.3 is 4.74 Å². The number of alkyl halides is 12. The third-order valence-electron chi connectivity index (χ3n) is 3.23. The van der Waals surface area contributed by atoms with Crippen LogP contribution in [0.1, 0.15) is 27.7 Å². The van der Waals surface area contributed by atoms with Crippen LogP contribution in [0.5, 0.6) is 0 Å². The van der Waals surface area contributed by atoms with E-state index in [2.05, 4.69) is 4.74 Å². The Balaban J connectivity index is 6.06. The molecule has 0 aliphatic rings. The van der Waals surface area contributed by atoms with Crippen LogP contribution in [0.3, 0.4) is 0 Å². The minimum absolute atomic E-state index is 0.129. The van der Waals surface area contributed by atoms with Gasteiger partial charge in [-0.05, 0) is 27.7 Å². The molecule has 0 amide bonds. The molecule has 0 aliphatic carbocycles. The molecule has 0 atom stereocenters. The molecular formula is C12H14F12O. The fourth-order valence-electron chi connectivity index (χ4n) is 2.74. The molecule has 0 aromatic rings. The van der Waals surface area contributed by atoms with Crippen molar-refractivity contribution in [2.24, 2.45) is 11.8 Å². The highest BCUT2D eigenvalue weighted by molar-refractivity contribution is 4.96. The third-order valence-corrected chi connectivity index (χ3v) is 3.23. The quantitative estimate of drug-likeness (QED) is 0.521. The summed E-state index contributed by atoms with van der Waals surface area (Å²) in [5, 5.41) is 0. The summed E-state index contributed by atoms with van der Waals surface area (Å²) >= 11 is 0. The number of hydrogen-bond donors (Lipinski definition) is 0. The van der Waals surface area contributed by atoms with Crippen molar-refractivity contribution in [2.75, 3.05) is 0 Å². The Bertz CT molecular complexity index is 381. The van der Waals surface area contributed by atoms with Crippen molar-refractivity contribution in [3.8, 4) is 0 Å².